The molecule has 0 unspecified atom stereocenters. The molecule has 0 heterocycles. The Bertz CT molecular complexity index is 157. The van der Waals surface area contributed by atoms with Crippen LogP contribution in [0.4, 0.5) is 0 Å². The number of halogens is 1. The standard InChI is InChI=1S/C15H33ClN/c1-4-5-6-7-8-9-11-14-17(2,3)15-12-10-13-16/h4-15H2,1-3H3/q+1. The topological polar surface area (TPSA) is 0 Å². The fourth-order valence-electron chi connectivity index (χ4n) is 2.24. The highest BCUT2D eigenvalue weighted by atomic mass is 35.5. The molecule has 0 aliphatic carbocycles. The number of nitrogens with zero attached hydrogens (tertiary/aromatic N) is 1. The zero-order valence-electron chi connectivity index (χ0n) is 12.3. The van der Waals surface area contributed by atoms with Crippen LogP contribution >= 0.6 is 11.6 Å². The first-order chi connectivity index (χ1) is 8.12. The van der Waals surface area contributed by atoms with Crippen molar-refractivity contribution in [3.8, 4) is 0 Å². The van der Waals surface area contributed by atoms with Crippen molar-refractivity contribution < 1.29 is 4.48 Å². The lowest BCUT2D eigenvalue weighted by atomic mass is 10.1. The molecule has 0 saturated carbocycles. The Morgan fingerprint density at radius 2 is 1.18 bits per heavy atom. The summed E-state index contributed by atoms with van der Waals surface area (Å²) in [7, 11) is 4.70. The van der Waals surface area contributed by atoms with Gasteiger partial charge in [0.1, 0.15) is 0 Å². The monoisotopic (exact) mass is 262 g/mol. The van der Waals surface area contributed by atoms with Crippen LogP contribution < -0.4 is 0 Å². The average molecular weight is 263 g/mol. The third kappa shape index (κ3) is 12.5. The number of unbranched alkanes of at least 4 members (excludes halogenated alkanes) is 7. The largest absolute Gasteiger partial charge is 0.328 e. The minimum Gasteiger partial charge on any atom is -0.328 e. The van der Waals surface area contributed by atoms with Crippen molar-refractivity contribution in [3.05, 3.63) is 0 Å². The maximum absolute atomic E-state index is 5.71. The number of rotatable bonds is 12. The normalized spacial score (nSPS) is 12.0. The van der Waals surface area contributed by atoms with Crippen LogP contribution in [0.3, 0.4) is 0 Å². The first-order valence-corrected chi connectivity index (χ1v) is 8.04. The van der Waals surface area contributed by atoms with Gasteiger partial charge in [0.2, 0.25) is 0 Å². The van der Waals surface area contributed by atoms with Gasteiger partial charge in [0.25, 0.3) is 0 Å². The predicted octanol–water partition coefficient (Wildman–Crippen LogP) is 4.83. The van der Waals surface area contributed by atoms with E-state index in [-0.39, 0.29) is 0 Å². The van der Waals surface area contributed by atoms with E-state index >= 15 is 0 Å². The van der Waals surface area contributed by atoms with E-state index in [4.69, 9.17) is 11.6 Å². The lowest BCUT2D eigenvalue weighted by Crippen LogP contribution is -2.41. The molecule has 0 amide bonds. The van der Waals surface area contributed by atoms with Crippen molar-refractivity contribution in [1.29, 1.82) is 0 Å². The summed E-state index contributed by atoms with van der Waals surface area (Å²) in [5.74, 6) is 0.817. The quantitative estimate of drug-likeness (QED) is 0.268. The Morgan fingerprint density at radius 3 is 1.71 bits per heavy atom. The number of quaternary nitrogens is 1. The molecule has 0 aromatic heterocycles. The van der Waals surface area contributed by atoms with Gasteiger partial charge in [-0.3, -0.25) is 0 Å². The van der Waals surface area contributed by atoms with Gasteiger partial charge in [0, 0.05) is 5.88 Å². The molecule has 0 spiro atoms. The molecule has 0 aromatic carbocycles. The number of hydrogen-bond acceptors (Lipinski definition) is 0. The van der Waals surface area contributed by atoms with Crippen LogP contribution in [0, 0.1) is 0 Å². The Balaban J connectivity index is 3.32. The van der Waals surface area contributed by atoms with E-state index in [0.29, 0.717) is 0 Å². The third-order valence-electron chi connectivity index (χ3n) is 3.51. The van der Waals surface area contributed by atoms with E-state index in [1.807, 2.05) is 0 Å². The smallest absolute Gasteiger partial charge is 0.0782 e. The summed E-state index contributed by atoms with van der Waals surface area (Å²) in [6, 6.07) is 0. The van der Waals surface area contributed by atoms with E-state index in [1.54, 1.807) is 0 Å². The fourth-order valence-corrected chi connectivity index (χ4v) is 2.43. The minimum absolute atomic E-state index is 0.817. The Hall–Kier alpha value is 0.250. The molecular formula is C15H33ClN+. The Kier molecular flexibility index (Phi) is 11.5. The molecule has 2 heteroatoms. The van der Waals surface area contributed by atoms with Crippen LogP contribution in [0.15, 0.2) is 0 Å². The number of hydrogen-bond donors (Lipinski definition) is 0. The van der Waals surface area contributed by atoms with Crippen LogP contribution in [0.1, 0.15) is 64.7 Å². The van der Waals surface area contributed by atoms with Gasteiger partial charge < -0.3 is 4.48 Å². The van der Waals surface area contributed by atoms with Gasteiger partial charge in [-0.2, -0.15) is 0 Å². The van der Waals surface area contributed by atoms with Crippen molar-refractivity contribution in [3.63, 3.8) is 0 Å². The molecule has 1 nitrogen and oxygen atoms in total. The van der Waals surface area contributed by atoms with Crippen molar-refractivity contribution >= 4 is 11.6 Å². The van der Waals surface area contributed by atoms with Crippen molar-refractivity contribution in [1.82, 2.24) is 0 Å². The zero-order chi connectivity index (χ0) is 13.0. The number of alkyl halides is 1. The van der Waals surface area contributed by atoms with E-state index in [1.165, 1.54) is 75.4 Å². The van der Waals surface area contributed by atoms with Gasteiger partial charge in [-0.05, 0) is 25.7 Å². The maximum Gasteiger partial charge on any atom is 0.0782 e. The molecular weight excluding hydrogens is 230 g/mol. The summed E-state index contributed by atoms with van der Waals surface area (Å²) in [5.41, 5.74) is 0. The lowest BCUT2D eigenvalue weighted by molar-refractivity contribution is -0.890. The first kappa shape index (κ1) is 17.2. The van der Waals surface area contributed by atoms with E-state index in [2.05, 4.69) is 21.0 Å². The lowest BCUT2D eigenvalue weighted by Gasteiger charge is -2.29. The summed E-state index contributed by atoms with van der Waals surface area (Å²) in [6.07, 6.45) is 12.3. The zero-order valence-corrected chi connectivity index (χ0v) is 13.1. The third-order valence-corrected chi connectivity index (χ3v) is 3.78. The van der Waals surface area contributed by atoms with Gasteiger partial charge in [-0.1, -0.05) is 39.0 Å². The van der Waals surface area contributed by atoms with Gasteiger partial charge in [-0.25, -0.2) is 0 Å². The molecule has 0 atom stereocenters. The molecule has 0 bridgehead atoms. The van der Waals surface area contributed by atoms with E-state index < -0.39 is 0 Å². The van der Waals surface area contributed by atoms with Crippen molar-refractivity contribution in [2.75, 3.05) is 33.1 Å². The highest BCUT2D eigenvalue weighted by Gasteiger charge is 2.13. The predicted molar refractivity (Wildman–Crippen MR) is 79.8 cm³/mol. The van der Waals surface area contributed by atoms with E-state index in [9.17, 15) is 0 Å². The first-order valence-electron chi connectivity index (χ1n) is 7.50. The van der Waals surface area contributed by atoms with Gasteiger partial charge in [-0.15, -0.1) is 11.6 Å². The fraction of sp³-hybridized carbons (Fsp3) is 1.00. The molecule has 0 radical (unpaired) electrons. The highest BCUT2D eigenvalue weighted by Crippen LogP contribution is 2.10. The Morgan fingerprint density at radius 1 is 0.706 bits per heavy atom. The molecule has 0 aliphatic heterocycles. The SMILES string of the molecule is CCCCCCCCC[N+](C)(C)CCCCCl. The second-order valence-corrected chi connectivity index (χ2v) is 6.28. The summed E-state index contributed by atoms with van der Waals surface area (Å²) in [6.45, 7) is 4.89. The van der Waals surface area contributed by atoms with Crippen LogP contribution in [-0.4, -0.2) is 37.5 Å². The van der Waals surface area contributed by atoms with Gasteiger partial charge in [0.15, 0.2) is 0 Å². The molecule has 0 N–H and O–H groups in total. The van der Waals surface area contributed by atoms with E-state index in [0.717, 1.165) is 5.88 Å². The molecule has 0 fully saturated rings. The van der Waals surface area contributed by atoms with Gasteiger partial charge >= 0.3 is 0 Å². The molecule has 0 saturated heterocycles. The molecule has 0 aliphatic rings. The molecule has 0 rings (SSSR count). The Labute approximate surface area is 114 Å². The average Bonchev–Trinajstić information content (AvgIpc) is 2.28. The summed E-state index contributed by atoms with van der Waals surface area (Å²) in [5, 5.41) is 0. The van der Waals surface area contributed by atoms with Crippen molar-refractivity contribution in [2.24, 2.45) is 0 Å². The molecule has 104 valence electrons. The molecule has 0 aromatic rings. The molecule has 17 heavy (non-hydrogen) atoms. The van der Waals surface area contributed by atoms with Crippen molar-refractivity contribution in [2.45, 2.75) is 64.7 Å². The van der Waals surface area contributed by atoms with Crippen LogP contribution in [0.2, 0.25) is 0 Å². The second kappa shape index (κ2) is 11.3. The second-order valence-electron chi connectivity index (χ2n) is 5.90. The highest BCUT2D eigenvalue weighted by molar-refractivity contribution is 6.17. The summed E-state index contributed by atoms with van der Waals surface area (Å²) >= 11 is 5.71. The van der Waals surface area contributed by atoms with Crippen LogP contribution in [0.5, 0.6) is 0 Å². The summed E-state index contributed by atoms with van der Waals surface area (Å²) in [4.78, 5) is 0. The summed E-state index contributed by atoms with van der Waals surface area (Å²) < 4.78 is 1.17. The minimum atomic E-state index is 0.817. The maximum atomic E-state index is 5.71. The van der Waals surface area contributed by atoms with Gasteiger partial charge in [0.05, 0.1) is 27.2 Å². The van der Waals surface area contributed by atoms with Crippen LogP contribution in [-0.2, 0) is 0 Å². The van der Waals surface area contributed by atoms with Crippen LogP contribution in [0.25, 0.3) is 0 Å².